The summed E-state index contributed by atoms with van der Waals surface area (Å²) < 4.78 is 16.6. The van der Waals surface area contributed by atoms with Gasteiger partial charge >= 0.3 is 0 Å². The zero-order valence-electron chi connectivity index (χ0n) is 14.9. The van der Waals surface area contributed by atoms with Crippen LogP contribution < -0.4 is 4.74 Å². The number of pyridine rings is 1. The first-order valence-electron chi connectivity index (χ1n) is 8.74. The number of methoxy groups -OCH3 is 2. The van der Waals surface area contributed by atoms with Gasteiger partial charge in [-0.05, 0) is 19.0 Å². The molecule has 1 atom stereocenters. The van der Waals surface area contributed by atoms with Gasteiger partial charge in [0.1, 0.15) is 0 Å². The summed E-state index contributed by atoms with van der Waals surface area (Å²) in [6.07, 6.45) is 2.97. The summed E-state index contributed by atoms with van der Waals surface area (Å²) in [6.45, 7) is 8.57. The zero-order valence-corrected chi connectivity index (χ0v) is 14.9. The first-order valence-corrected chi connectivity index (χ1v) is 8.74. The van der Waals surface area contributed by atoms with Gasteiger partial charge < -0.3 is 19.1 Å². The Balaban J connectivity index is 1.65. The van der Waals surface area contributed by atoms with Gasteiger partial charge in [-0.3, -0.25) is 4.90 Å². The van der Waals surface area contributed by atoms with Gasteiger partial charge in [0.25, 0.3) is 0 Å². The number of ether oxygens (including phenoxy) is 3. The number of nitrogens with zero attached hydrogens (tertiary/aromatic N) is 3. The molecule has 0 saturated carbocycles. The van der Waals surface area contributed by atoms with Crippen molar-refractivity contribution in [3.05, 3.63) is 23.9 Å². The van der Waals surface area contributed by atoms with Crippen LogP contribution in [-0.2, 0) is 16.0 Å². The van der Waals surface area contributed by atoms with Crippen molar-refractivity contribution in [1.29, 1.82) is 0 Å². The Hall–Kier alpha value is -1.21. The van der Waals surface area contributed by atoms with Gasteiger partial charge in [0.15, 0.2) is 0 Å². The SMILES string of the molecule is COCCN1CC[C@@]2(COCCN(Cc3cccnc3OC)C2)C1. The highest BCUT2D eigenvalue weighted by Gasteiger charge is 2.40. The smallest absolute Gasteiger partial charge is 0.217 e. The highest BCUT2D eigenvalue weighted by Crippen LogP contribution is 2.34. The maximum Gasteiger partial charge on any atom is 0.217 e. The molecule has 24 heavy (non-hydrogen) atoms. The first-order chi connectivity index (χ1) is 11.7. The molecule has 0 aromatic carbocycles. The third-order valence-corrected chi connectivity index (χ3v) is 5.09. The van der Waals surface area contributed by atoms with Gasteiger partial charge in [0.05, 0.1) is 26.9 Å². The summed E-state index contributed by atoms with van der Waals surface area (Å²) in [5, 5.41) is 0. The van der Waals surface area contributed by atoms with Gasteiger partial charge in [-0.25, -0.2) is 4.98 Å². The van der Waals surface area contributed by atoms with Crippen molar-refractivity contribution in [3.8, 4) is 5.88 Å². The third kappa shape index (κ3) is 4.25. The van der Waals surface area contributed by atoms with Crippen LogP contribution in [0.5, 0.6) is 5.88 Å². The molecule has 2 aliphatic heterocycles. The molecule has 1 spiro atoms. The quantitative estimate of drug-likeness (QED) is 0.780. The van der Waals surface area contributed by atoms with Crippen molar-refractivity contribution in [1.82, 2.24) is 14.8 Å². The second kappa shape index (κ2) is 8.25. The molecule has 0 aliphatic carbocycles. The number of aromatic nitrogens is 1. The minimum atomic E-state index is 0.236. The molecular weight excluding hydrogens is 306 g/mol. The highest BCUT2D eigenvalue weighted by molar-refractivity contribution is 5.25. The average molecular weight is 335 g/mol. The van der Waals surface area contributed by atoms with Crippen molar-refractivity contribution in [2.24, 2.45) is 5.41 Å². The van der Waals surface area contributed by atoms with Gasteiger partial charge in [0.2, 0.25) is 5.88 Å². The van der Waals surface area contributed by atoms with E-state index in [1.807, 2.05) is 6.07 Å². The molecule has 2 saturated heterocycles. The van der Waals surface area contributed by atoms with Gasteiger partial charge in [-0.1, -0.05) is 6.07 Å². The summed E-state index contributed by atoms with van der Waals surface area (Å²) in [5.74, 6) is 0.727. The van der Waals surface area contributed by atoms with E-state index in [4.69, 9.17) is 14.2 Å². The van der Waals surface area contributed by atoms with E-state index in [2.05, 4.69) is 20.9 Å². The fraction of sp³-hybridized carbons (Fsp3) is 0.722. The molecule has 0 amide bonds. The lowest BCUT2D eigenvalue weighted by atomic mass is 9.87. The van der Waals surface area contributed by atoms with E-state index in [1.165, 1.54) is 6.42 Å². The Kier molecular flexibility index (Phi) is 6.05. The molecule has 1 aromatic rings. The molecule has 2 fully saturated rings. The van der Waals surface area contributed by atoms with E-state index in [1.54, 1.807) is 20.4 Å². The van der Waals surface area contributed by atoms with E-state index >= 15 is 0 Å². The Morgan fingerprint density at radius 1 is 1.25 bits per heavy atom. The fourth-order valence-electron chi connectivity index (χ4n) is 3.87. The van der Waals surface area contributed by atoms with Crippen molar-refractivity contribution in [2.45, 2.75) is 13.0 Å². The maximum absolute atomic E-state index is 5.96. The predicted molar refractivity (Wildman–Crippen MR) is 92.3 cm³/mol. The van der Waals surface area contributed by atoms with Crippen LogP contribution in [0, 0.1) is 5.41 Å². The van der Waals surface area contributed by atoms with Crippen molar-refractivity contribution in [2.75, 3.05) is 66.8 Å². The standard InChI is InChI=1S/C18H29N3O3/c1-22-10-8-20-7-5-18(13-20)14-21(9-11-24-15-18)12-16-4-3-6-19-17(16)23-2/h3-4,6H,5,7-15H2,1-2H3/t18-/m1/s1. The maximum atomic E-state index is 5.96. The summed E-state index contributed by atoms with van der Waals surface area (Å²) >= 11 is 0. The molecule has 0 unspecified atom stereocenters. The van der Waals surface area contributed by atoms with E-state index in [0.717, 1.165) is 70.5 Å². The van der Waals surface area contributed by atoms with Crippen LogP contribution in [0.4, 0.5) is 0 Å². The lowest BCUT2D eigenvalue weighted by Crippen LogP contribution is -2.40. The molecule has 134 valence electrons. The van der Waals surface area contributed by atoms with E-state index < -0.39 is 0 Å². The monoisotopic (exact) mass is 335 g/mol. The number of hydrogen-bond donors (Lipinski definition) is 0. The minimum absolute atomic E-state index is 0.236. The lowest BCUT2D eigenvalue weighted by Gasteiger charge is -2.32. The van der Waals surface area contributed by atoms with Crippen molar-refractivity contribution in [3.63, 3.8) is 0 Å². The van der Waals surface area contributed by atoms with E-state index in [-0.39, 0.29) is 5.41 Å². The molecule has 6 nitrogen and oxygen atoms in total. The third-order valence-electron chi connectivity index (χ3n) is 5.09. The zero-order chi connectivity index (χ0) is 16.8. The Bertz CT molecular complexity index is 528. The largest absolute Gasteiger partial charge is 0.481 e. The Morgan fingerprint density at radius 3 is 2.96 bits per heavy atom. The summed E-state index contributed by atoms with van der Waals surface area (Å²) in [6, 6.07) is 4.08. The Labute approximate surface area is 144 Å². The van der Waals surface area contributed by atoms with Crippen LogP contribution in [0.25, 0.3) is 0 Å². The van der Waals surface area contributed by atoms with Crippen LogP contribution in [0.1, 0.15) is 12.0 Å². The molecule has 0 radical (unpaired) electrons. The molecule has 1 aromatic heterocycles. The van der Waals surface area contributed by atoms with Crippen LogP contribution in [0.15, 0.2) is 18.3 Å². The highest BCUT2D eigenvalue weighted by atomic mass is 16.5. The van der Waals surface area contributed by atoms with Crippen molar-refractivity contribution < 1.29 is 14.2 Å². The number of likely N-dealkylation sites (tertiary alicyclic amines) is 1. The van der Waals surface area contributed by atoms with Crippen LogP contribution in [0.3, 0.4) is 0 Å². The second-order valence-corrected chi connectivity index (χ2v) is 6.95. The molecule has 6 heteroatoms. The topological polar surface area (TPSA) is 47.1 Å². The summed E-state index contributed by atoms with van der Waals surface area (Å²) in [5.41, 5.74) is 1.38. The molecule has 2 aliphatic rings. The minimum Gasteiger partial charge on any atom is -0.481 e. The average Bonchev–Trinajstić information content (AvgIpc) is 2.89. The van der Waals surface area contributed by atoms with Crippen molar-refractivity contribution >= 4 is 0 Å². The summed E-state index contributed by atoms with van der Waals surface area (Å²) in [4.78, 5) is 9.31. The molecule has 0 bridgehead atoms. The van der Waals surface area contributed by atoms with Gasteiger partial charge in [-0.2, -0.15) is 0 Å². The lowest BCUT2D eigenvalue weighted by molar-refractivity contribution is 0.0682. The van der Waals surface area contributed by atoms with Crippen LogP contribution in [-0.4, -0.2) is 81.5 Å². The number of hydrogen-bond acceptors (Lipinski definition) is 6. The van der Waals surface area contributed by atoms with Crippen LogP contribution >= 0.6 is 0 Å². The fourth-order valence-corrected chi connectivity index (χ4v) is 3.87. The van der Waals surface area contributed by atoms with Crippen LogP contribution in [0.2, 0.25) is 0 Å². The Morgan fingerprint density at radius 2 is 2.12 bits per heavy atom. The summed E-state index contributed by atoms with van der Waals surface area (Å²) in [7, 11) is 3.45. The van der Waals surface area contributed by atoms with Gasteiger partial charge in [0, 0.05) is 57.0 Å². The molecule has 3 rings (SSSR count). The van der Waals surface area contributed by atoms with E-state index in [9.17, 15) is 0 Å². The van der Waals surface area contributed by atoms with E-state index in [0.29, 0.717) is 0 Å². The normalized spacial score (nSPS) is 25.9. The number of rotatable bonds is 6. The molecule has 3 heterocycles. The first kappa shape index (κ1) is 17.6. The molecular formula is C18H29N3O3. The second-order valence-electron chi connectivity index (χ2n) is 6.95. The predicted octanol–water partition coefficient (Wildman–Crippen LogP) is 1.26. The molecule has 0 N–H and O–H groups in total. The van der Waals surface area contributed by atoms with Gasteiger partial charge in [-0.15, -0.1) is 0 Å².